The van der Waals surface area contributed by atoms with Crippen LogP contribution in [-0.4, -0.2) is 28.4 Å². The number of para-hydroxylation sites is 2. The summed E-state index contributed by atoms with van der Waals surface area (Å²) < 4.78 is 6.78. The molecule has 106 valence electrons. The summed E-state index contributed by atoms with van der Waals surface area (Å²) in [6, 6.07) is 7.65. The number of carbonyl (C=O) groups is 2. The lowest BCUT2D eigenvalue weighted by molar-refractivity contribution is -0.143. The number of aromatic nitrogens is 2. The SMILES string of the molecule is CCOC(=O)CCCCn1c(C=O)nc2ccccc21. The third kappa shape index (κ3) is 3.23. The summed E-state index contributed by atoms with van der Waals surface area (Å²) in [7, 11) is 0. The molecule has 2 aromatic rings. The van der Waals surface area contributed by atoms with Crippen molar-refractivity contribution in [3.05, 3.63) is 30.1 Å². The number of nitrogens with zero attached hydrogens (tertiary/aromatic N) is 2. The fourth-order valence-corrected chi connectivity index (χ4v) is 2.19. The Balaban J connectivity index is 1.99. The van der Waals surface area contributed by atoms with E-state index in [1.54, 1.807) is 6.92 Å². The molecule has 5 heteroatoms. The highest BCUT2D eigenvalue weighted by atomic mass is 16.5. The summed E-state index contributed by atoms with van der Waals surface area (Å²) >= 11 is 0. The van der Waals surface area contributed by atoms with Crippen LogP contribution in [0, 0.1) is 0 Å². The number of benzene rings is 1. The van der Waals surface area contributed by atoms with Crippen LogP contribution in [0.3, 0.4) is 0 Å². The normalized spacial score (nSPS) is 10.7. The number of unbranched alkanes of at least 4 members (excludes halogenated alkanes) is 1. The van der Waals surface area contributed by atoms with Gasteiger partial charge in [0.1, 0.15) is 0 Å². The van der Waals surface area contributed by atoms with Gasteiger partial charge in [0, 0.05) is 13.0 Å². The van der Waals surface area contributed by atoms with Gasteiger partial charge >= 0.3 is 5.97 Å². The lowest BCUT2D eigenvalue weighted by Crippen LogP contribution is -2.06. The van der Waals surface area contributed by atoms with E-state index in [0.29, 0.717) is 25.4 Å². The van der Waals surface area contributed by atoms with E-state index in [2.05, 4.69) is 4.98 Å². The van der Waals surface area contributed by atoms with Crippen LogP contribution >= 0.6 is 0 Å². The molecule has 0 radical (unpaired) electrons. The molecule has 5 nitrogen and oxygen atoms in total. The molecule has 0 aliphatic heterocycles. The molecule has 0 bridgehead atoms. The largest absolute Gasteiger partial charge is 0.466 e. The number of esters is 1. The van der Waals surface area contributed by atoms with Gasteiger partial charge in [-0.25, -0.2) is 4.98 Å². The van der Waals surface area contributed by atoms with Crippen molar-refractivity contribution in [3.63, 3.8) is 0 Å². The van der Waals surface area contributed by atoms with Crippen LogP contribution < -0.4 is 0 Å². The van der Waals surface area contributed by atoms with E-state index in [9.17, 15) is 9.59 Å². The zero-order valence-corrected chi connectivity index (χ0v) is 11.5. The highest BCUT2D eigenvalue weighted by Crippen LogP contribution is 2.16. The average Bonchev–Trinajstić information content (AvgIpc) is 2.82. The molecule has 0 saturated heterocycles. The number of hydrogen-bond donors (Lipinski definition) is 0. The predicted octanol–water partition coefficient (Wildman–Crippen LogP) is 2.58. The van der Waals surface area contributed by atoms with Crippen molar-refractivity contribution in [2.24, 2.45) is 0 Å². The number of fused-ring (bicyclic) bond motifs is 1. The molecule has 1 aromatic heterocycles. The first-order valence-electron chi connectivity index (χ1n) is 6.82. The smallest absolute Gasteiger partial charge is 0.305 e. The molecule has 0 saturated carbocycles. The van der Waals surface area contributed by atoms with Gasteiger partial charge in [-0.1, -0.05) is 12.1 Å². The van der Waals surface area contributed by atoms with Gasteiger partial charge < -0.3 is 9.30 Å². The Morgan fingerprint density at radius 1 is 1.35 bits per heavy atom. The summed E-state index contributed by atoms with van der Waals surface area (Å²) in [5, 5.41) is 0. The maximum absolute atomic E-state index is 11.2. The van der Waals surface area contributed by atoms with E-state index in [1.807, 2.05) is 28.8 Å². The Morgan fingerprint density at radius 2 is 2.15 bits per heavy atom. The number of aryl methyl sites for hydroxylation is 1. The molecule has 0 spiro atoms. The highest BCUT2D eigenvalue weighted by Gasteiger charge is 2.09. The fourth-order valence-electron chi connectivity index (χ4n) is 2.19. The lowest BCUT2D eigenvalue weighted by atomic mass is 10.2. The number of hydrogen-bond acceptors (Lipinski definition) is 4. The predicted molar refractivity (Wildman–Crippen MR) is 75.6 cm³/mol. The Kier molecular flexibility index (Phi) is 4.87. The molecule has 20 heavy (non-hydrogen) atoms. The number of carbonyl (C=O) groups excluding carboxylic acids is 2. The fraction of sp³-hybridized carbons (Fsp3) is 0.400. The zero-order valence-electron chi connectivity index (χ0n) is 11.5. The van der Waals surface area contributed by atoms with Gasteiger partial charge in [-0.3, -0.25) is 9.59 Å². The van der Waals surface area contributed by atoms with Crippen LogP contribution in [0.5, 0.6) is 0 Å². The van der Waals surface area contributed by atoms with Gasteiger partial charge in [0.15, 0.2) is 12.1 Å². The van der Waals surface area contributed by atoms with Gasteiger partial charge in [0.05, 0.1) is 17.6 Å². The van der Waals surface area contributed by atoms with Crippen molar-refractivity contribution < 1.29 is 14.3 Å². The molecule has 0 N–H and O–H groups in total. The second kappa shape index (κ2) is 6.84. The zero-order chi connectivity index (χ0) is 14.4. The monoisotopic (exact) mass is 274 g/mol. The maximum atomic E-state index is 11.2. The van der Waals surface area contributed by atoms with Crippen molar-refractivity contribution in [1.29, 1.82) is 0 Å². The van der Waals surface area contributed by atoms with Gasteiger partial charge in [0.2, 0.25) is 0 Å². The first kappa shape index (κ1) is 14.2. The topological polar surface area (TPSA) is 61.2 Å². The third-order valence-corrected chi connectivity index (χ3v) is 3.11. The minimum Gasteiger partial charge on any atom is -0.466 e. The van der Waals surface area contributed by atoms with E-state index in [4.69, 9.17) is 4.74 Å². The minimum atomic E-state index is -0.168. The molecular formula is C15H18N2O3. The van der Waals surface area contributed by atoms with Gasteiger partial charge in [0.25, 0.3) is 0 Å². The van der Waals surface area contributed by atoms with Crippen LogP contribution in [0.4, 0.5) is 0 Å². The van der Waals surface area contributed by atoms with E-state index >= 15 is 0 Å². The minimum absolute atomic E-state index is 0.168. The summed E-state index contributed by atoms with van der Waals surface area (Å²) in [5.74, 6) is 0.265. The summed E-state index contributed by atoms with van der Waals surface area (Å²) in [5.41, 5.74) is 1.77. The Bertz CT molecular complexity index is 604. The standard InChI is InChI=1S/C15H18N2O3/c1-2-20-15(19)9-5-6-10-17-13-8-4-3-7-12(13)16-14(17)11-18/h3-4,7-8,11H,2,5-6,9-10H2,1H3. The van der Waals surface area contributed by atoms with E-state index in [-0.39, 0.29) is 5.97 Å². The molecule has 0 aliphatic carbocycles. The summed E-state index contributed by atoms with van der Waals surface area (Å²) in [6.45, 7) is 2.89. The number of aldehydes is 1. The van der Waals surface area contributed by atoms with Crippen molar-refractivity contribution in [2.75, 3.05) is 6.61 Å². The van der Waals surface area contributed by atoms with Gasteiger partial charge in [-0.2, -0.15) is 0 Å². The first-order chi connectivity index (χ1) is 9.76. The molecule has 2 rings (SSSR count). The molecule has 1 heterocycles. The van der Waals surface area contributed by atoms with Gasteiger partial charge in [-0.05, 0) is 31.9 Å². The van der Waals surface area contributed by atoms with Crippen LogP contribution in [-0.2, 0) is 16.1 Å². The van der Waals surface area contributed by atoms with Crippen molar-refractivity contribution in [2.45, 2.75) is 32.7 Å². The summed E-state index contributed by atoms with van der Waals surface area (Å²) in [4.78, 5) is 26.6. The third-order valence-electron chi connectivity index (χ3n) is 3.11. The van der Waals surface area contributed by atoms with Crippen LogP contribution in [0.2, 0.25) is 0 Å². The van der Waals surface area contributed by atoms with Crippen molar-refractivity contribution in [3.8, 4) is 0 Å². The molecule has 0 unspecified atom stereocenters. The quantitative estimate of drug-likeness (QED) is 0.442. The second-order valence-corrected chi connectivity index (χ2v) is 4.49. The van der Waals surface area contributed by atoms with Crippen molar-refractivity contribution in [1.82, 2.24) is 9.55 Å². The molecule has 0 amide bonds. The van der Waals surface area contributed by atoms with E-state index < -0.39 is 0 Å². The van der Waals surface area contributed by atoms with Crippen LogP contribution in [0.15, 0.2) is 24.3 Å². The van der Waals surface area contributed by atoms with E-state index in [1.165, 1.54) is 0 Å². The number of ether oxygens (including phenoxy) is 1. The second-order valence-electron chi connectivity index (χ2n) is 4.49. The Hall–Kier alpha value is -2.17. The summed E-state index contributed by atoms with van der Waals surface area (Å²) in [6.07, 6.45) is 2.73. The Labute approximate surface area is 117 Å². The van der Waals surface area contributed by atoms with Crippen molar-refractivity contribution >= 4 is 23.3 Å². The van der Waals surface area contributed by atoms with Gasteiger partial charge in [-0.15, -0.1) is 0 Å². The van der Waals surface area contributed by atoms with Crippen LogP contribution in [0.25, 0.3) is 11.0 Å². The molecule has 0 aliphatic rings. The molecule has 0 atom stereocenters. The lowest BCUT2D eigenvalue weighted by Gasteiger charge is -2.06. The number of imidazole rings is 1. The number of rotatable bonds is 7. The average molecular weight is 274 g/mol. The Morgan fingerprint density at radius 3 is 2.90 bits per heavy atom. The van der Waals surface area contributed by atoms with E-state index in [0.717, 1.165) is 30.2 Å². The highest BCUT2D eigenvalue weighted by molar-refractivity contribution is 5.82. The molecular weight excluding hydrogens is 256 g/mol. The molecule has 1 aromatic carbocycles. The van der Waals surface area contributed by atoms with Crippen LogP contribution in [0.1, 0.15) is 36.8 Å². The maximum Gasteiger partial charge on any atom is 0.305 e. The first-order valence-corrected chi connectivity index (χ1v) is 6.82. The molecule has 0 fully saturated rings.